The Bertz CT molecular complexity index is 727. The molecule has 0 saturated carbocycles. The smallest absolute Gasteiger partial charge is 0.175 e. The van der Waals surface area contributed by atoms with E-state index in [4.69, 9.17) is 5.73 Å². The van der Waals surface area contributed by atoms with Gasteiger partial charge in [-0.25, -0.2) is 8.42 Å². The van der Waals surface area contributed by atoms with E-state index in [0.717, 1.165) is 20.1 Å². The topological polar surface area (TPSA) is 60.2 Å². The summed E-state index contributed by atoms with van der Waals surface area (Å²) in [4.78, 5) is 0.293. The molecule has 0 aromatic heterocycles. The molecular formula is C14H13Br2NO2S. The number of rotatable bonds is 3. The third kappa shape index (κ3) is 3.49. The van der Waals surface area contributed by atoms with Crippen LogP contribution in [0.2, 0.25) is 0 Å². The Labute approximate surface area is 135 Å². The predicted octanol–water partition coefficient (Wildman–Crippen LogP) is 3.66. The van der Waals surface area contributed by atoms with Gasteiger partial charge in [-0.1, -0.05) is 44.0 Å². The largest absolute Gasteiger partial charge is 0.320 e. The van der Waals surface area contributed by atoms with E-state index >= 15 is 0 Å². The molecule has 0 saturated heterocycles. The molecule has 6 heteroatoms. The quantitative estimate of drug-likeness (QED) is 0.827. The van der Waals surface area contributed by atoms with Gasteiger partial charge in [-0.3, -0.25) is 0 Å². The van der Waals surface area contributed by atoms with Gasteiger partial charge in [-0.15, -0.1) is 0 Å². The average Bonchev–Trinajstić information content (AvgIpc) is 2.40. The molecule has 0 heterocycles. The summed E-state index contributed by atoms with van der Waals surface area (Å²) in [5.74, 6) is 0. The van der Waals surface area contributed by atoms with Crippen molar-refractivity contribution in [3.05, 3.63) is 62.5 Å². The maximum Gasteiger partial charge on any atom is 0.175 e. The number of benzene rings is 2. The lowest BCUT2D eigenvalue weighted by Gasteiger charge is -2.15. The van der Waals surface area contributed by atoms with Crippen molar-refractivity contribution in [1.82, 2.24) is 0 Å². The zero-order valence-electron chi connectivity index (χ0n) is 10.7. The second-order valence-corrected chi connectivity index (χ2v) is 8.27. The van der Waals surface area contributed by atoms with Crippen LogP contribution < -0.4 is 5.73 Å². The highest BCUT2D eigenvalue weighted by Gasteiger charge is 2.14. The van der Waals surface area contributed by atoms with Crippen LogP contribution in [0.1, 0.15) is 17.2 Å². The van der Waals surface area contributed by atoms with Gasteiger partial charge in [0.1, 0.15) is 0 Å². The normalized spacial score (nSPS) is 13.2. The first-order valence-corrected chi connectivity index (χ1v) is 9.27. The van der Waals surface area contributed by atoms with Crippen LogP contribution in [0.3, 0.4) is 0 Å². The summed E-state index contributed by atoms with van der Waals surface area (Å²) in [7, 11) is -3.18. The lowest BCUT2D eigenvalue weighted by atomic mass is 10.00. The second kappa shape index (κ2) is 5.97. The molecular weight excluding hydrogens is 406 g/mol. The maximum absolute atomic E-state index is 11.4. The Morgan fingerprint density at radius 1 is 1.05 bits per heavy atom. The number of sulfone groups is 1. The molecule has 20 heavy (non-hydrogen) atoms. The Hall–Kier alpha value is -0.690. The van der Waals surface area contributed by atoms with Crippen molar-refractivity contribution >= 4 is 41.7 Å². The Morgan fingerprint density at radius 3 is 2.20 bits per heavy atom. The van der Waals surface area contributed by atoms with Crippen LogP contribution in [0.5, 0.6) is 0 Å². The fourth-order valence-electron chi connectivity index (χ4n) is 1.85. The highest BCUT2D eigenvalue weighted by Crippen LogP contribution is 2.29. The molecule has 0 radical (unpaired) electrons. The average molecular weight is 419 g/mol. The molecule has 0 aliphatic rings. The first kappa shape index (κ1) is 15.7. The fourth-order valence-corrected chi connectivity index (χ4v) is 3.36. The van der Waals surface area contributed by atoms with Gasteiger partial charge in [0.15, 0.2) is 9.84 Å². The lowest BCUT2D eigenvalue weighted by Crippen LogP contribution is -2.12. The van der Waals surface area contributed by atoms with E-state index in [1.165, 1.54) is 6.26 Å². The molecule has 1 unspecified atom stereocenters. The Balaban J connectivity index is 2.39. The number of nitrogens with two attached hydrogens (primary N) is 1. The third-order valence-corrected chi connectivity index (χ3v) is 5.30. The van der Waals surface area contributed by atoms with E-state index in [9.17, 15) is 8.42 Å². The van der Waals surface area contributed by atoms with Crippen molar-refractivity contribution in [2.75, 3.05) is 6.26 Å². The van der Waals surface area contributed by atoms with Crippen molar-refractivity contribution in [2.45, 2.75) is 10.9 Å². The number of hydrogen-bond donors (Lipinski definition) is 1. The van der Waals surface area contributed by atoms with Gasteiger partial charge >= 0.3 is 0 Å². The van der Waals surface area contributed by atoms with Crippen molar-refractivity contribution in [1.29, 1.82) is 0 Å². The first-order chi connectivity index (χ1) is 9.29. The molecule has 2 aromatic rings. The van der Waals surface area contributed by atoms with E-state index < -0.39 is 9.84 Å². The van der Waals surface area contributed by atoms with Crippen LogP contribution in [0.15, 0.2) is 56.3 Å². The molecule has 0 fully saturated rings. The van der Waals surface area contributed by atoms with Crippen molar-refractivity contribution < 1.29 is 8.42 Å². The summed E-state index contributed by atoms with van der Waals surface area (Å²) in [5, 5.41) is 0. The molecule has 3 nitrogen and oxygen atoms in total. The van der Waals surface area contributed by atoms with Gasteiger partial charge in [0, 0.05) is 15.2 Å². The Kier molecular flexibility index (Phi) is 4.69. The predicted molar refractivity (Wildman–Crippen MR) is 87.4 cm³/mol. The van der Waals surface area contributed by atoms with Crippen LogP contribution in [0.25, 0.3) is 0 Å². The van der Waals surface area contributed by atoms with Gasteiger partial charge in [0.25, 0.3) is 0 Å². The van der Waals surface area contributed by atoms with Crippen molar-refractivity contribution in [3.8, 4) is 0 Å². The van der Waals surface area contributed by atoms with Crippen LogP contribution in [-0.4, -0.2) is 14.7 Å². The molecule has 0 aliphatic heterocycles. The van der Waals surface area contributed by atoms with Crippen LogP contribution in [0.4, 0.5) is 0 Å². The molecule has 106 valence electrons. The molecule has 2 N–H and O–H groups in total. The Morgan fingerprint density at radius 2 is 1.65 bits per heavy atom. The maximum atomic E-state index is 11.4. The van der Waals surface area contributed by atoms with Crippen LogP contribution in [0, 0.1) is 0 Å². The van der Waals surface area contributed by atoms with E-state index in [1.807, 2.05) is 18.2 Å². The molecule has 2 rings (SSSR count). The molecule has 0 aliphatic carbocycles. The van der Waals surface area contributed by atoms with E-state index in [1.54, 1.807) is 24.3 Å². The van der Waals surface area contributed by atoms with Crippen LogP contribution >= 0.6 is 31.9 Å². The zero-order chi connectivity index (χ0) is 14.9. The standard InChI is InChI=1S/C14H13Br2NO2S/c1-20(18,19)11-5-2-9(3-6-11)14(17)12-8-10(15)4-7-13(12)16/h2-8,14H,17H2,1H3. The number of halogens is 2. The third-order valence-electron chi connectivity index (χ3n) is 2.96. The fraction of sp³-hybridized carbons (Fsp3) is 0.143. The minimum absolute atomic E-state index is 0.293. The second-order valence-electron chi connectivity index (χ2n) is 4.48. The zero-order valence-corrected chi connectivity index (χ0v) is 14.7. The highest BCUT2D eigenvalue weighted by atomic mass is 79.9. The van der Waals surface area contributed by atoms with Crippen molar-refractivity contribution in [2.24, 2.45) is 5.73 Å². The molecule has 2 aromatic carbocycles. The summed E-state index contributed by atoms with van der Waals surface area (Å²) < 4.78 is 24.7. The summed E-state index contributed by atoms with van der Waals surface area (Å²) in [6, 6.07) is 12.1. The number of hydrogen-bond acceptors (Lipinski definition) is 3. The SMILES string of the molecule is CS(=O)(=O)c1ccc(C(N)c2cc(Br)ccc2Br)cc1. The van der Waals surface area contributed by atoms with E-state index in [-0.39, 0.29) is 6.04 Å². The van der Waals surface area contributed by atoms with E-state index in [2.05, 4.69) is 31.9 Å². The summed E-state index contributed by atoms with van der Waals surface area (Å²) in [6.45, 7) is 0. The first-order valence-electron chi connectivity index (χ1n) is 5.79. The summed E-state index contributed by atoms with van der Waals surface area (Å²) >= 11 is 6.90. The highest BCUT2D eigenvalue weighted by molar-refractivity contribution is 9.11. The lowest BCUT2D eigenvalue weighted by molar-refractivity contribution is 0.602. The van der Waals surface area contributed by atoms with Gasteiger partial charge in [0.05, 0.1) is 10.9 Å². The minimum Gasteiger partial charge on any atom is -0.320 e. The van der Waals surface area contributed by atoms with Gasteiger partial charge < -0.3 is 5.73 Å². The summed E-state index contributed by atoms with van der Waals surface area (Å²) in [5.41, 5.74) is 8.04. The molecule has 0 spiro atoms. The van der Waals surface area contributed by atoms with Gasteiger partial charge in [-0.2, -0.15) is 0 Å². The monoisotopic (exact) mass is 417 g/mol. The molecule has 1 atom stereocenters. The minimum atomic E-state index is -3.18. The van der Waals surface area contributed by atoms with Gasteiger partial charge in [0.2, 0.25) is 0 Å². The molecule has 0 bridgehead atoms. The molecule has 0 amide bonds. The van der Waals surface area contributed by atoms with Crippen molar-refractivity contribution in [3.63, 3.8) is 0 Å². The summed E-state index contributed by atoms with van der Waals surface area (Å²) in [6.07, 6.45) is 1.19. The van der Waals surface area contributed by atoms with E-state index in [0.29, 0.717) is 4.90 Å². The van der Waals surface area contributed by atoms with Crippen LogP contribution in [-0.2, 0) is 9.84 Å². The van der Waals surface area contributed by atoms with Gasteiger partial charge in [-0.05, 0) is 41.5 Å².